The Kier molecular flexibility index (Phi) is 3.58. The first-order valence-corrected chi connectivity index (χ1v) is 8.26. The predicted molar refractivity (Wildman–Crippen MR) is 85.3 cm³/mol. The van der Waals surface area contributed by atoms with Crippen molar-refractivity contribution >= 4 is 0 Å². The van der Waals surface area contributed by atoms with Gasteiger partial charge in [-0.25, -0.2) is 4.79 Å². The van der Waals surface area contributed by atoms with Gasteiger partial charge >= 0.3 is 5.69 Å². The van der Waals surface area contributed by atoms with Crippen LogP contribution >= 0.6 is 0 Å². The third-order valence-corrected chi connectivity index (χ3v) is 4.74. The molecule has 1 aromatic heterocycles. The van der Waals surface area contributed by atoms with Crippen LogP contribution in [-0.4, -0.2) is 39.3 Å². The summed E-state index contributed by atoms with van der Waals surface area (Å²) in [6.07, 6.45) is 5.09. The molecule has 5 heteroatoms. The molecular weight excluding hydrogens is 276 g/mol. The van der Waals surface area contributed by atoms with E-state index in [-0.39, 0.29) is 5.69 Å². The molecular formula is C17H22N4O. The lowest BCUT2D eigenvalue weighted by atomic mass is 9.97. The van der Waals surface area contributed by atoms with E-state index in [2.05, 4.69) is 15.0 Å². The SMILES string of the molecule is O=c1[nH]c(C2CCCN(CC3CC3)C2)nn1-c1ccccc1. The standard InChI is InChI=1S/C17H22N4O/c22-17-18-16(19-21(17)15-6-2-1-3-7-15)14-5-4-10-20(12-14)11-13-8-9-13/h1-3,6-7,13-14H,4-5,8-12H2,(H,18,19,22). The van der Waals surface area contributed by atoms with E-state index in [1.807, 2.05) is 30.3 Å². The summed E-state index contributed by atoms with van der Waals surface area (Å²) in [4.78, 5) is 17.7. The lowest BCUT2D eigenvalue weighted by molar-refractivity contribution is 0.197. The van der Waals surface area contributed by atoms with E-state index in [4.69, 9.17) is 0 Å². The lowest BCUT2D eigenvalue weighted by Gasteiger charge is -2.31. The fraction of sp³-hybridized carbons (Fsp3) is 0.529. The van der Waals surface area contributed by atoms with Crippen LogP contribution < -0.4 is 5.69 Å². The highest BCUT2D eigenvalue weighted by Gasteiger charge is 2.29. The molecule has 0 bridgehead atoms. The second-order valence-corrected chi connectivity index (χ2v) is 6.60. The van der Waals surface area contributed by atoms with Crippen LogP contribution in [0.2, 0.25) is 0 Å². The maximum atomic E-state index is 12.2. The van der Waals surface area contributed by atoms with E-state index in [0.717, 1.165) is 30.4 Å². The topological polar surface area (TPSA) is 53.9 Å². The molecule has 1 atom stereocenters. The highest BCUT2D eigenvalue weighted by molar-refractivity contribution is 5.29. The van der Waals surface area contributed by atoms with Crippen LogP contribution in [0.5, 0.6) is 0 Å². The van der Waals surface area contributed by atoms with Gasteiger partial charge < -0.3 is 4.90 Å². The van der Waals surface area contributed by atoms with Crippen molar-refractivity contribution in [3.63, 3.8) is 0 Å². The third kappa shape index (κ3) is 2.86. The van der Waals surface area contributed by atoms with E-state index in [1.165, 1.54) is 37.0 Å². The number of H-pyrrole nitrogens is 1. The smallest absolute Gasteiger partial charge is 0.302 e. The molecule has 0 spiro atoms. The molecule has 1 aromatic carbocycles. The average molecular weight is 298 g/mol. The van der Waals surface area contributed by atoms with E-state index in [0.29, 0.717) is 5.92 Å². The fourth-order valence-corrected chi connectivity index (χ4v) is 3.38. The molecule has 2 aromatic rings. The van der Waals surface area contributed by atoms with Crippen molar-refractivity contribution in [1.29, 1.82) is 0 Å². The molecule has 1 saturated carbocycles. The number of hydrogen-bond donors (Lipinski definition) is 1. The van der Waals surface area contributed by atoms with E-state index >= 15 is 0 Å². The summed E-state index contributed by atoms with van der Waals surface area (Å²) in [5, 5.41) is 4.55. The molecule has 4 rings (SSSR count). The quantitative estimate of drug-likeness (QED) is 0.941. The predicted octanol–water partition coefficient (Wildman–Crippen LogP) is 2.15. The highest BCUT2D eigenvalue weighted by Crippen LogP contribution is 2.32. The maximum Gasteiger partial charge on any atom is 0.348 e. The van der Waals surface area contributed by atoms with Gasteiger partial charge in [-0.3, -0.25) is 4.98 Å². The van der Waals surface area contributed by atoms with Gasteiger partial charge in [0.2, 0.25) is 0 Å². The van der Waals surface area contributed by atoms with Crippen molar-refractivity contribution in [3.05, 3.63) is 46.6 Å². The van der Waals surface area contributed by atoms with Crippen LogP contribution in [0.1, 0.15) is 37.4 Å². The molecule has 2 aliphatic rings. The minimum Gasteiger partial charge on any atom is -0.302 e. The highest BCUT2D eigenvalue weighted by atomic mass is 16.1. The van der Waals surface area contributed by atoms with Gasteiger partial charge in [0.1, 0.15) is 5.82 Å². The minimum atomic E-state index is -0.138. The zero-order valence-corrected chi connectivity index (χ0v) is 12.7. The fourth-order valence-electron chi connectivity index (χ4n) is 3.38. The number of nitrogens with one attached hydrogen (secondary N) is 1. The molecule has 1 N–H and O–H groups in total. The number of para-hydroxylation sites is 1. The number of piperidine rings is 1. The monoisotopic (exact) mass is 298 g/mol. The van der Waals surface area contributed by atoms with Crippen LogP contribution in [0.4, 0.5) is 0 Å². The van der Waals surface area contributed by atoms with Crippen molar-refractivity contribution < 1.29 is 0 Å². The van der Waals surface area contributed by atoms with Crippen LogP contribution in [0.15, 0.2) is 35.1 Å². The lowest BCUT2D eigenvalue weighted by Crippen LogP contribution is -2.36. The van der Waals surface area contributed by atoms with Gasteiger partial charge in [-0.05, 0) is 50.3 Å². The van der Waals surface area contributed by atoms with Crippen molar-refractivity contribution in [2.45, 2.75) is 31.6 Å². The Labute approximate surface area is 130 Å². The molecule has 1 unspecified atom stereocenters. The summed E-state index contributed by atoms with van der Waals surface area (Å²) in [6, 6.07) is 9.61. The summed E-state index contributed by atoms with van der Waals surface area (Å²) in [7, 11) is 0. The number of benzene rings is 1. The first-order chi connectivity index (χ1) is 10.8. The summed E-state index contributed by atoms with van der Waals surface area (Å²) in [6.45, 7) is 3.44. The number of rotatable bonds is 4. The second kappa shape index (κ2) is 5.72. The van der Waals surface area contributed by atoms with Gasteiger partial charge in [-0.2, -0.15) is 4.68 Å². The van der Waals surface area contributed by atoms with E-state index < -0.39 is 0 Å². The molecule has 1 aliphatic carbocycles. The zero-order valence-electron chi connectivity index (χ0n) is 12.7. The molecule has 1 saturated heterocycles. The molecule has 2 fully saturated rings. The largest absolute Gasteiger partial charge is 0.348 e. The Balaban J connectivity index is 1.53. The first-order valence-electron chi connectivity index (χ1n) is 8.26. The van der Waals surface area contributed by atoms with Gasteiger partial charge in [0, 0.05) is 19.0 Å². The van der Waals surface area contributed by atoms with E-state index in [1.54, 1.807) is 0 Å². The van der Waals surface area contributed by atoms with E-state index in [9.17, 15) is 4.79 Å². The van der Waals surface area contributed by atoms with Crippen LogP contribution in [-0.2, 0) is 0 Å². The summed E-state index contributed by atoms with van der Waals surface area (Å²) in [5.74, 6) is 2.11. The van der Waals surface area contributed by atoms with Crippen molar-refractivity contribution in [2.75, 3.05) is 19.6 Å². The summed E-state index contributed by atoms with van der Waals surface area (Å²) < 4.78 is 1.48. The Morgan fingerprint density at radius 1 is 1.18 bits per heavy atom. The number of aromatic nitrogens is 3. The maximum absolute atomic E-state index is 12.2. The van der Waals surface area contributed by atoms with Crippen molar-refractivity contribution in [2.24, 2.45) is 5.92 Å². The Morgan fingerprint density at radius 2 is 2.00 bits per heavy atom. The second-order valence-electron chi connectivity index (χ2n) is 6.60. The van der Waals surface area contributed by atoms with Gasteiger partial charge in [-0.1, -0.05) is 18.2 Å². The first kappa shape index (κ1) is 13.8. The normalized spacial score (nSPS) is 22.8. The molecule has 1 aliphatic heterocycles. The molecule has 0 amide bonds. The van der Waals surface area contributed by atoms with Gasteiger partial charge in [0.25, 0.3) is 0 Å². The molecule has 0 radical (unpaired) electrons. The molecule has 22 heavy (non-hydrogen) atoms. The molecule has 116 valence electrons. The Morgan fingerprint density at radius 3 is 2.77 bits per heavy atom. The number of hydrogen-bond acceptors (Lipinski definition) is 3. The number of likely N-dealkylation sites (tertiary alicyclic amines) is 1. The Hall–Kier alpha value is -1.88. The number of aromatic amines is 1. The molecule has 2 heterocycles. The zero-order chi connectivity index (χ0) is 14.9. The number of nitrogens with zero attached hydrogens (tertiary/aromatic N) is 3. The summed E-state index contributed by atoms with van der Waals surface area (Å²) >= 11 is 0. The van der Waals surface area contributed by atoms with Crippen LogP contribution in [0, 0.1) is 5.92 Å². The third-order valence-electron chi connectivity index (χ3n) is 4.74. The van der Waals surface area contributed by atoms with Gasteiger partial charge in [0.05, 0.1) is 5.69 Å². The Bertz CT molecular complexity index is 686. The van der Waals surface area contributed by atoms with Crippen LogP contribution in [0.25, 0.3) is 5.69 Å². The van der Waals surface area contributed by atoms with Crippen molar-refractivity contribution in [3.8, 4) is 5.69 Å². The van der Waals surface area contributed by atoms with Crippen molar-refractivity contribution in [1.82, 2.24) is 19.7 Å². The average Bonchev–Trinajstić information content (AvgIpc) is 3.28. The van der Waals surface area contributed by atoms with Gasteiger partial charge in [0.15, 0.2) is 0 Å². The van der Waals surface area contributed by atoms with Gasteiger partial charge in [-0.15, -0.1) is 5.10 Å². The summed E-state index contributed by atoms with van der Waals surface area (Å²) in [5.41, 5.74) is 0.682. The molecule has 5 nitrogen and oxygen atoms in total. The minimum absolute atomic E-state index is 0.138. The van der Waals surface area contributed by atoms with Crippen LogP contribution in [0.3, 0.4) is 0 Å².